The highest BCUT2D eigenvalue weighted by Gasteiger charge is 2.18. The maximum absolute atomic E-state index is 13.7. The second-order valence-corrected chi connectivity index (χ2v) is 3.90. The Hall–Kier alpha value is -1.61. The van der Waals surface area contributed by atoms with Crippen molar-refractivity contribution < 1.29 is 8.81 Å². The third kappa shape index (κ3) is 2.39. The zero-order chi connectivity index (χ0) is 12.3. The summed E-state index contributed by atoms with van der Waals surface area (Å²) < 4.78 is 19.4. The Kier molecular flexibility index (Phi) is 3.59. The molecule has 0 spiro atoms. The van der Waals surface area contributed by atoms with Crippen LogP contribution < -0.4 is 5.32 Å². The van der Waals surface area contributed by atoms with Crippen LogP contribution in [0.3, 0.4) is 0 Å². The van der Waals surface area contributed by atoms with E-state index in [0.717, 1.165) is 17.9 Å². The fourth-order valence-electron chi connectivity index (χ4n) is 1.90. The smallest absolute Gasteiger partial charge is 0.128 e. The van der Waals surface area contributed by atoms with Gasteiger partial charge in [0.15, 0.2) is 0 Å². The minimum Gasteiger partial charge on any atom is -0.464 e. The highest BCUT2D eigenvalue weighted by molar-refractivity contribution is 5.28. The van der Waals surface area contributed by atoms with Crippen molar-refractivity contribution in [1.29, 1.82) is 0 Å². The number of hydrogen-bond donors (Lipinski definition) is 1. The molecule has 1 heterocycles. The second kappa shape index (κ2) is 5.15. The Morgan fingerprint density at radius 1 is 1.24 bits per heavy atom. The zero-order valence-electron chi connectivity index (χ0n) is 10.0. The largest absolute Gasteiger partial charge is 0.464 e. The summed E-state index contributed by atoms with van der Waals surface area (Å²) in [6, 6.07) is 10.3. The lowest BCUT2D eigenvalue weighted by molar-refractivity contribution is 0.427. The van der Waals surface area contributed by atoms with Crippen molar-refractivity contribution in [3.05, 3.63) is 59.3 Å². The highest BCUT2D eigenvalue weighted by atomic mass is 19.1. The topological polar surface area (TPSA) is 25.2 Å². The van der Waals surface area contributed by atoms with Gasteiger partial charge in [-0.1, -0.05) is 25.1 Å². The van der Waals surface area contributed by atoms with Crippen LogP contribution in [0.4, 0.5) is 4.39 Å². The molecule has 0 bridgehead atoms. The molecular weight excluding hydrogens is 217 g/mol. The number of benzene rings is 1. The summed E-state index contributed by atoms with van der Waals surface area (Å²) >= 11 is 0. The highest BCUT2D eigenvalue weighted by Crippen LogP contribution is 2.25. The maximum Gasteiger partial charge on any atom is 0.128 e. The first-order chi connectivity index (χ1) is 8.26. The number of furan rings is 1. The fourth-order valence-corrected chi connectivity index (χ4v) is 1.90. The summed E-state index contributed by atoms with van der Waals surface area (Å²) in [6.07, 6.45) is 0.841. The van der Waals surface area contributed by atoms with E-state index >= 15 is 0 Å². The Bertz CT molecular complexity index is 492. The van der Waals surface area contributed by atoms with Crippen LogP contribution in [0.25, 0.3) is 0 Å². The van der Waals surface area contributed by atoms with Gasteiger partial charge >= 0.3 is 0 Å². The van der Waals surface area contributed by atoms with Gasteiger partial charge in [0.2, 0.25) is 0 Å². The SMILES string of the molecule is CCc1ccc(C(NC)c2ccccc2F)o1. The van der Waals surface area contributed by atoms with Crippen molar-refractivity contribution in [2.45, 2.75) is 19.4 Å². The number of rotatable bonds is 4. The average molecular weight is 233 g/mol. The Labute approximate surface area is 100 Å². The minimum absolute atomic E-state index is 0.221. The Balaban J connectivity index is 2.36. The van der Waals surface area contributed by atoms with Gasteiger partial charge in [-0.05, 0) is 25.2 Å². The van der Waals surface area contributed by atoms with Gasteiger partial charge in [-0.25, -0.2) is 4.39 Å². The van der Waals surface area contributed by atoms with Gasteiger partial charge in [0.25, 0.3) is 0 Å². The van der Waals surface area contributed by atoms with Crippen LogP contribution in [0, 0.1) is 5.82 Å². The van der Waals surface area contributed by atoms with Crippen LogP contribution in [-0.2, 0) is 6.42 Å². The molecule has 1 aromatic carbocycles. The summed E-state index contributed by atoms with van der Waals surface area (Å²) in [5.41, 5.74) is 0.604. The van der Waals surface area contributed by atoms with Gasteiger partial charge in [0, 0.05) is 12.0 Å². The molecule has 2 aromatic rings. The van der Waals surface area contributed by atoms with E-state index < -0.39 is 0 Å². The van der Waals surface area contributed by atoms with Crippen LogP contribution in [0.15, 0.2) is 40.8 Å². The molecule has 1 atom stereocenters. The van der Waals surface area contributed by atoms with Crippen molar-refractivity contribution in [3.63, 3.8) is 0 Å². The van der Waals surface area contributed by atoms with Gasteiger partial charge < -0.3 is 9.73 Å². The van der Waals surface area contributed by atoms with E-state index in [2.05, 4.69) is 5.32 Å². The lowest BCUT2D eigenvalue weighted by Crippen LogP contribution is -2.18. The number of nitrogens with one attached hydrogen (secondary N) is 1. The van der Waals surface area contributed by atoms with E-state index in [1.165, 1.54) is 6.07 Å². The first-order valence-electron chi connectivity index (χ1n) is 5.76. The molecule has 0 aliphatic heterocycles. The third-order valence-electron chi connectivity index (χ3n) is 2.82. The summed E-state index contributed by atoms with van der Waals surface area (Å²) in [7, 11) is 1.80. The van der Waals surface area contributed by atoms with E-state index in [4.69, 9.17) is 4.42 Å². The average Bonchev–Trinajstić information content (AvgIpc) is 2.81. The van der Waals surface area contributed by atoms with Crippen molar-refractivity contribution in [3.8, 4) is 0 Å². The molecule has 0 saturated carbocycles. The minimum atomic E-state index is -0.239. The molecule has 0 amide bonds. The summed E-state index contributed by atoms with van der Waals surface area (Å²) in [5.74, 6) is 1.44. The summed E-state index contributed by atoms with van der Waals surface area (Å²) in [6.45, 7) is 2.03. The van der Waals surface area contributed by atoms with Crippen LogP contribution in [0.2, 0.25) is 0 Å². The van der Waals surface area contributed by atoms with E-state index in [0.29, 0.717) is 5.56 Å². The monoisotopic (exact) mass is 233 g/mol. The molecule has 0 saturated heterocycles. The molecule has 17 heavy (non-hydrogen) atoms. The quantitative estimate of drug-likeness (QED) is 0.876. The lowest BCUT2D eigenvalue weighted by atomic mass is 10.0. The molecule has 1 unspecified atom stereocenters. The second-order valence-electron chi connectivity index (χ2n) is 3.90. The predicted molar refractivity (Wildman–Crippen MR) is 65.4 cm³/mol. The van der Waals surface area contributed by atoms with Crippen molar-refractivity contribution in [2.75, 3.05) is 7.05 Å². The van der Waals surface area contributed by atoms with Gasteiger partial charge in [-0.3, -0.25) is 0 Å². The fraction of sp³-hybridized carbons (Fsp3) is 0.286. The number of aryl methyl sites for hydroxylation is 1. The third-order valence-corrected chi connectivity index (χ3v) is 2.82. The molecular formula is C14H16FNO. The zero-order valence-corrected chi connectivity index (χ0v) is 10.0. The van der Waals surface area contributed by atoms with Gasteiger partial charge in [0.05, 0.1) is 6.04 Å². The molecule has 0 aliphatic rings. The summed E-state index contributed by atoms with van der Waals surface area (Å²) in [4.78, 5) is 0. The molecule has 2 nitrogen and oxygen atoms in total. The molecule has 0 aliphatic carbocycles. The molecule has 0 fully saturated rings. The lowest BCUT2D eigenvalue weighted by Gasteiger charge is -2.14. The molecule has 1 N–H and O–H groups in total. The molecule has 1 aromatic heterocycles. The van der Waals surface area contributed by atoms with Crippen molar-refractivity contribution in [2.24, 2.45) is 0 Å². The molecule has 3 heteroatoms. The van der Waals surface area contributed by atoms with Crippen LogP contribution in [-0.4, -0.2) is 7.05 Å². The van der Waals surface area contributed by atoms with Crippen LogP contribution >= 0.6 is 0 Å². The molecule has 90 valence electrons. The van der Waals surface area contributed by atoms with Crippen molar-refractivity contribution >= 4 is 0 Å². The van der Waals surface area contributed by atoms with Gasteiger partial charge in [0.1, 0.15) is 17.3 Å². The Morgan fingerprint density at radius 3 is 2.59 bits per heavy atom. The van der Waals surface area contributed by atoms with Gasteiger partial charge in [-0.2, -0.15) is 0 Å². The first kappa shape index (κ1) is 11.9. The van der Waals surface area contributed by atoms with E-state index in [9.17, 15) is 4.39 Å². The van der Waals surface area contributed by atoms with Crippen LogP contribution in [0.1, 0.15) is 30.0 Å². The van der Waals surface area contributed by atoms with E-state index in [1.807, 2.05) is 25.1 Å². The maximum atomic E-state index is 13.7. The normalized spacial score (nSPS) is 12.6. The molecule has 2 rings (SSSR count). The summed E-state index contributed by atoms with van der Waals surface area (Å²) in [5, 5.41) is 3.08. The predicted octanol–water partition coefficient (Wildman–Crippen LogP) is 3.29. The van der Waals surface area contributed by atoms with E-state index in [1.54, 1.807) is 19.2 Å². The number of halogens is 1. The van der Waals surface area contributed by atoms with Gasteiger partial charge in [-0.15, -0.1) is 0 Å². The first-order valence-corrected chi connectivity index (χ1v) is 5.76. The molecule has 0 radical (unpaired) electrons. The van der Waals surface area contributed by atoms with Crippen LogP contribution in [0.5, 0.6) is 0 Å². The van der Waals surface area contributed by atoms with E-state index in [-0.39, 0.29) is 11.9 Å². The van der Waals surface area contributed by atoms with Crippen molar-refractivity contribution in [1.82, 2.24) is 5.32 Å². The Morgan fingerprint density at radius 2 is 2.00 bits per heavy atom. The standard InChI is InChI=1S/C14H16FNO/c1-3-10-8-9-13(17-10)14(16-2)11-6-4-5-7-12(11)15/h4-9,14,16H,3H2,1-2H3. The number of hydrogen-bond acceptors (Lipinski definition) is 2.